The summed E-state index contributed by atoms with van der Waals surface area (Å²) in [5.41, 5.74) is 2.14. The van der Waals surface area contributed by atoms with Crippen molar-refractivity contribution in [1.82, 2.24) is 14.9 Å². The number of nitrogens with zero attached hydrogens (tertiary/aromatic N) is 2. The number of aromatic nitrogens is 2. The average Bonchev–Trinajstić information content (AvgIpc) is 2.75. The molecule has 0 fully saturated rings. The molecule has 4 heteroatoms. The zero-order chi connectivity index (χ0) is 14.5. The van der Waals surface area contributed by atoms with Crippen LogP contribution in [0, 0.1) is 12.8 Å². The standard InChI is InChI=1S/C16H23N3O/c1-4-7-12(2)16(20)17-10-11-19-13(3)18-14-8-5-6-9-15(14)19/h5-6,8-9,12H,4,7,10-11H2,1-3H3,(H,17,20). The van der Waals surface area contributed by atoms with E-state index in [2.05, 4.69) is 27.9 Å². The smallest absolute Gasteiger partial charge is 0.222 e. The van der Waals surface area contributed by atoms with E-state index < -0.39 is 0 Å². The van der Waals surface area contributed by atoms with E-state index in [0.29, 0.717) is 6.54 Å². The first-order valence-electron chi connectivity index (χ1n) is 7.33. The molecule has 1 unspecified atom stereocenters. The highest BCUT2D eigenvalue weighted by molar-refractivity contribution is 5.78. The number of carbonyl (C=O) groups excluding carboxylic acids is 1. The van der Waals surface area contributed by atoms with Crippen molar-refractivity contribution in [1.29, 1.82) is 0 Å². The number of para-hydroxylation sites is 2. The van der Waals surface area contributed by atoms with Gasteiger partial charge in [-0.05, 0) is 25.5 Å². The van der Waals surface area contributed by atoms with Crippen LogP contribution in [0.4, 0.5) is 0 Å². The third-order valence-corrected chi connectivity index (χ3v) is 3.65. The number of rotatable bonds is 6. The Morgan fingerprint density at radius 2 is 2.15 bits per heavy atom. The van der Waals surface area contributed by atoms with Crippen LogP contribution >= 0.6 is 0 Å². The third kappa shape index (κ3) is 3.18. The van der Waals surface area contributed by atoms with Gasteiger partial charge in [0.25, 0.3) is 0 Å². The highest BCUT2D eigenvalue weighted by Gasteiger charge is 2.11. The van der Waals surface area contributed by atoms with Gasteiger partial charge >= 0.3 is 0 Å². The molecular weight excluding hydrogens is 250 g/mol. The number of imidazole rings is 1. The van der Waals surface area contributed by atoms with Gasteiger partial charge in [0.2, 0.25) is 5.91 Å². The second kappa shape index (κ2) is 6.55. The lowest BCUT2D eigenvalue weighted by Gasteiger charge is -2.12. The van der Waals surface area contributed by atoms with Crippen LogP contribution < -0.4 is 5.32 Å². The first-order chi connectivity index (χ1) is 9.63. The first-order valence-corrected chi connectivity index (χ1v) is 7.33. The molecule has 1 N–H and O–H groups in total. The molecule has 0 saturated heterocycles. The van der Waals surface area contributed by atoms with E-state index in [9.17, 15) is 4.79 Å². The largest absolute Gasteiger partial charge is 0.354 e. The molecule has 0 spiro atoms. The summed E-state index contributed by atoms with van der Waals surface area (Å²) in [5, 5.41) is 3.01. The maximum absolute atomic E-state index is 11.9. The van der Waals surface area contributed by atoms with Crippen LogP contribution in [0.25, 0.3) is 11.0 Å². The summed E-state index contributed by atoms with van der Waals surface area (Å²) >= 11 is 0. The van der Waals surface area contributed by atoms with Crippen LogP contribution in [0.5, 0.6) is 0 Å². The summed E-state index contributed by atoms with van der Waals surface area (Å²) in [6.45, 7) is 7.49. The Morgan fingerprint density at radius 1 is 1.40 bits per heavy atom. The van der Waals surface area contributed by atoms with Crippen molar-refractivity contribution >= 4 is 16.9 Å². The summed E-state index contributed by atoms with van der Waals surface area (Å²) in [7, 11) is 0. The van der Waals surface area contributed by atoms with E-state index in [4.69, 9.17) is 0 Å². The lowest BCUT2D eigenvalue weighted by Crippen LogP contribution is -2.32. The SMILES string of the molecule is CCCC(C)C(=O)NCCn1c(C)nc2ccccc21. The summed E-state index contributed by atoms with van der Waals surface area (Å²) < 4.78 is 2.15. The Hall–Kier alpha value is -1.84. The van der Waals surface area contributed by atoms with Crippen molar-refractivity contribution in [3.05, 3.63) is 30.1 Å². The van der Waals surface area contributed by atoms with Crippen molar-refractivity contribution in [3.63, 3.8) is 0 Å². The zero-order valence-corrected chi connectivity index (χ0v) is 12.5. The summed E-state index contributed by atoms with van der Waals surface area (Å²) in [6.07, 6.45) is 1.98. The van der Waals surface area contributed by atoms with E-state index in [-0.39, 0.29) is 11.8 Å². The molecule has 0 aliphatic heterocycles. The number of hydrogen-bond acceptors (Lipinski definition) is 2. The second-order valence-corrected chi connectivity index (χ2v) is 5.28. The van der Waals surface area contributed by atoms with Gasteiger partial charge in [-0.3, -0.25) is 4.79 Å². The molecule has 0 radical (unpaired) electrons. The molecule has 20 heavy (non-hydrogen) atoms. The lowest BCUT2D eigenvalue weighted by atomic mass is 10.1. The Bertz CT molecular complexity index is 588. The fourth-order valence-corrected chi connectivity index (χ4v) is 2.51. The molecule has 1 heterocycles. The quantitative estimate of drug-likeness (QED) is 0.879. The Balaban J connectivity index is 1.96. The minimum absolute atomic E-state index is 0.0978. The van der Waals surface area contributed by atoms with E-state index >= 15 is 0 Å². The Morgan fingerprint density at radius 3 is 2.90 bits per heavy atom. The molecule has 0 saturated carbocycles. The number of aryl methyl sites for hydroxylation is 1. The predicted molar refractivity (Wildman–Crippen MR) is 81.6 cm³/mol. The Kier molecular flexibility index (Phi) is 4.77. The van der Waals surface area contributed by atoms with Crippen molar-refractivity contribution < 1.29 is 4.79 Å². The van der Waals surface area contributed by atoms with Gasteiger partial charge in [-0.25, -0.2) is 4.98 Å². The monoisotopic (exact) mass is 273 g/mol. The van der Waals surface area contributed by atoms with Gasteiger partial charge < -0.3 is 9.88 Å². The number of hydrogen-bond donors (Lipinski definition) is 1. The van der Waals surface area contributed by atoms with Gasteiger partial charge in [-0.2, -0.15) is 0 Å². The molecule has 4 nitrogen and oxygen atoms in total. The number of carbonyl (C=O) groups is 1. The molecule has 2 aromatic rings. The number of fused-ring (bicyclic) bond motifs is 1. The molecule has 108 valence electrons. The number of benzene rings is 1. The fraction of sp³-hybridized carbons (Fsp3) is 0.500. The summed E-state index contributed by atoms with van der Waals surface area (Å²) in [4.78, 5) is 16.4. The van der Waals surface area contributed by atoms with E-state index in [1.165, 1.54) is 0 Å². The Labute approximate surface area is 120 Å². The van der Waals surface area contributed by atoms with E-state index in [1.807, 2.05) is 32.0 Å². The number of amides is 1. The first kappa shape index (κ1) is 14.6. The maximum Gasteiger partial charge on any atom is 0.222 e. The molecule has 1 atom stereocenters. The van der Waals surface area contributed by atoms with Crippen molar-refractivity contribution in [2.45, 2.75) is 40.2 Å². The molecule has 0 aliphatic rings. The number of nitrogens with one attached hydrogen (secondary N) is 1. The van der Waals surface area contributed by atoms with Gasteiger partial charge in [0.1, 0.15) is 5.82 Å². The van der Waals surface area contributed by atoms with Gasteiger partial charge in [0, 0.05) is 19.0 Å². The predicted octanol–water partition coefficient (Wildman–Crippen LogP) is 2.90. The van der Waals surface area contributed by atoms with Crippen LogP contribution in [0.15, 0.2) is 24.3 Å². The van der Waals surface area contributed by atoms with Crippen LogP contribution in [-0.2, 0) is 11.3 Å². The lowest BCUT2D eigenvalue weighted by molar-refractivity contribution is -0.124. The van der Waals surface area contributed by atoms with Gasteiger partial charge in [-0.1, -0.05) is 32.4 Å². The molecule has 1 amide bonds. The molecule has 1 aromatic carbocycles. The molecule has 0 bridgehead atoms. The van der Waals surface area contributed by atoms with E-state index in [1.54, 1.807) is 0 Å². The minimum Gasteiger partial charge on any atom is -0.354 e. The van der Waals surface area contributed by atoms with Gasteiger partial charge in [0.15, 0.2) is 0 Å². The van der Waals surface area contributed by atoms with Crippen molar-refractivity contribution in [2.75, 3.05) is 6.54 Å². The average molecular weight is 273 g/mol. The van der Waals surface area contributed by atoms with E-state index in [0.717, 1.165) is 36.2 Å². The normalized spacial score (nSPS) is 12.6. The highest BCUT2D eigenvalue weighted by atomic mass is 16.1. The van der Waals surface area contributed by atoms with Gasteiger partial charge in [0.05, 0.1) is 11.0 Å². The van der Waals surface area contributed by atoms with Crippen LogP contribution in [-0.4, -0.2) is 22.0 Å². The summed E-state index contributed by atoms with van der Waals surface area (Å²) in [6, 6.07) is 8.09. The topological polar surface area (TPSA) is 46.9 Å². The van der Waals surface area contributed by atoms with Crippen molar-refractivity contribution in [3.8, 4) is 0 Å². The molecule has 2 rings (SSSR count). The maximum atomic E-state index is 11.9. The van der Waals surface area contributed by atoms with Crippen LogP contribution in [0.1, 0.15) is 32.5 Å². The fourth-order valence-electron chi connectivity index (χ4n) is 2.51. The van der Waals surface area contributed by atoms with Gasteiger partial charge in [-0.15, -0.1) is 0 Å². The molecular formula is C16H23N3O. The van der Waals surface area contributed by atoms with Crippen LogP contribution in [0.3, 0.4) is 0 Å². The zero-order valence-electron chi connectivity index (χ0n) is 12.5. The third-order valence-electron chi connectivity index (χ3n) is 3.65. The minimum atomic E-state index is 0.0978. The second-order valence-electron chi connectivity index (χ2n) is 5.28. The van der Waals surface area contributed by atoms with Crippen LogP contribution in [0.2, 0.25) is 0 Å². The highest BCUT2D eigenvalue weighted by Crippen LogP contribution is 2.14. The molecule has 1 aromatic heterocycles. The summed E-state index contributed by atoms with van der Waals surface area (Å²) in [5.74, 6) is 1.23. The van der Waals surface area contributed by atoms with Crippen molar-refractivity contribution in [2.24, 2.45) is 5.92 Å². The molecule has 0 aliphatic carbocycles.